The number of benzene rings is 2. The first kappa shape index (κ1) is 30.4. The third kappa shape index (κ3) is 6.97. The standard InChI is InChI=1S/C32H29N7O6/c1-32(2,3)45-31(42)39-15-14-25-24(28(39)40)17-26(38(25)4)27-20(18-34-29(33)36-27)9-8-19-6-5-7-22(16-19)35-30(41)44-23-12-10-21(37-43)11-13-23/h5-7,10-13,16-18H,14-15H2,1-4H3,(H,35,41)(H2,33,34,36). The first-order valence-electron chi connectivity index (χ1n) is 13.8. The molecule has 3 N–H and O–H groups in total. The summed E-state index contributed by atoms with van der Waals surface area (Å²) >= 11 is 0. The number of carbonyl (C=O) groups is 3. The fourth-order valence-electron chi connectivity index (χ4n) is 4.64. The van der Waals surface area contributed by atoms with Gasteiger partial charge in [0, 0.05) is 43.2 Å². The molecule has 0 saturated carbocycles. The quantitative estimate of drug-likeness (QED) is 0.227. The van der Waals surface area contributed by atoms with Crippen molar-refractivity contribution in [1.82, 2.24) is 19.4 Å². The van der Waals surface area contributed by atoms with Gasteiger partial charge in [-0.15, -0.1) is 4.91 Å². The van der Waals surface area contributed by atoms with E-state index in [1.165, 1.54) is 30.5 Å². The van der Waals surface area contributed by atoms with Gasteiger partial charge < -0.3 is 19.8 Å². The number of nitrogens with two attached hydrogens (primary N) is 1. The largest absolute Gasteiger partial charge is 0.443 e. The second-order valence-corrected chi connectivity index (χ2v) is 11.1. The van der Waals surface area contributed by atoms with Gasteiger partial charge in [0.25, 0.3) is 5.91 Å². The highest BCUT2D eigenvalue weighted by molar-refractivity contribution is 6.05. The molecule has 0 fully saturated rings. The summed E-state index contributed by atoms with van der Waals surface area (Å²) in [5, 5.41) is 5.45. The van der Waals surface area contributed by atoms with E-state index in [-0.39, 0.29) is 23.9 Å². The highest BCUT2D eigenvalue weighted by atomic mass is 16.6. The number of rotatable bonds is 4. The fraction of sp³-hybridized carbons (Fsp3) is 0.219. The molecule has 1 aliphatic rings. The first-order chi connectivity index (χ1) is 21.4. The van der Waals surface area contributed by atoms with Crippen LogP contribution < -0.4 is 15.8 Å². The molecule has 45 heavy (non-hydrogen) atoms. The first-order valence-corrected chi connectivity index (χ1v) is 13.8. The fourth-order valence-corrected chi connectivity index (χ4v) is 4.64. The van der Waals surface area contributed by atoms with E-state index < -0.39 is 23.7 Å². The molecule has 0 bridgehead atoms. The Hall–Kier alpha value is -6.03. The van der Waals surface area contributed by atoms with Gasteiger partial charge in [-0.2, -0.15) is 0 Å². The molecule has 0 unspecified atom stereocenters. The molecule has 0 aliphatic carbocycles. The van der Waals surface area contributed by atoms with Crippen molar-refractivity contribution in [1.29, 1.82) is 0 Å². The minimum Gasteiger partial charge on any atom is -0.443 e. The Morgan fingerprint density at radius 1 is 1.09 bits per heavy atom. The molecular weight excluding hydrogens is 578 g/mol. The molecule has 0 atom stereocenters. The molecular formula is C32H29N7O6. The molecule has 13 heteroatoms. The van der Waals surface area contributed by atoms with Crippen molar-refractivity contribution >= 4 is 35.4 Å². The molecule has 3 heterocycles. The van der Waals surface area contributed by atoms with Crippen LogP contribution in [0.4, 0.5) is 26.9 Å². The number of aromatic nitrogens is 3. The van der Waals surface area contributed by atoms with Crippen molar-refractivity contribution in [3.63, 3.8) is 0 Å². The van der Waals surface area contributed by atoms with Crippen molar-refractivity contribution in [2.24, 2.45) is 12.2 Å². The zero-order valence-electron chi connectivity index (χ0n) is 25.0. The summed E-state index contributed by atoms with van der Waals surface area (Å²) in [5.74, 6) is 5.93. The van der Waals surface area contributed by atoms with E-state index in [0.29, 0.717) is 40.2 Å². The maximum atomic E-state index is 13.3. The Kier molecular flexibility index (Phi) is 8.31. The third-order valence-electron chi connectivity index (χ3n) is 6.67. The number of hydrogen-bond acceptors (Lipinski definition) is 10. The average Bonchev–Trinajstić information content (AvgIpc) is 3.33. The molecule has 2 aromatic heterocycles. The molecule has 2 aromatic carbocycles. The summed E-state index contributed by atoms with van der Waals surface area (Å²) in [6.45, 7) is 5.40. The Morgan fingerprint density at radius 2 is 1.84 bits per heavy atom. The van der Waals surface area contributed by atoms with Crippen LogP contribution >= 0.6 is 0 Å². The molecule has 0 radical (unpaired) electrons. The number of fused-ring (bicyclic) bond motifs is 1. The summed E-state index contributed by atoms with van der Waals surface area (Å²) in [6, 6.07) is 14.3. The topological polar surface area (TPSA) is 171 Å². The summed E-state index contributed by atoms with van der Waals surface area (Å²) in [6.07, 6.45) is 0.504. The summed E-state index contributed by atoms with van der Waals surface area (Å²) in [7, 11) is 1.81. The number of anilines is 2. The van der Waals surface area contributed by atoms with Gasteiger partial charge in [-0.05, 0) is 74.5 Å². The van der Waals surface area contributed by atoms with Gasteiger partial charge in [0.15, 0.2) is 0 Å². The number of amides is 3. The van der Waals surface area contributed by atoms with Gasteiger partial charge in [0.05, 0.1) is 16.8 Å². The number of imide groups is 1. The van der Waals surface area contributed by atoms with E-state index in [4.69, 9.17) is 15.2 Å². The second kappa shape index (κ2) is 12.3. The van der Waals surface area contributed by atoms with Crippen molar-refractivity contribution in [3.05, 3.63) is 88.1 Å². The smallest absolute Gasteiger partial charge is 0.417 e. The van der Waals surface area contributed by atoms with Crippen LogP contribution in [-0.2, 0) is 18.2 Å². The number of hydrogen-bond donors (Lipinski definition) is 2. The third-order valence-corrected chi connectivity index (χ3v) is 6.67. The zero-order valence-corrected chi connectivity index (χ0v) is 25.0. The number of nitrogens with zero attached hydrogens (tertiary/aromatic N) is 5. The number of carbonyl (C=O) groups excluding carboxylic acids is 3. The molecule has 0 spiro atoms. The van der Waals surface area contributed by atoms with Crippen LogP contribution in [0.2, 0.25) is 0 Å². The molecule has 13 nitrogen and oxygen atoms in total. The van der Waals surface area contributed by atoms with Crippen LogP contribution in [0.25, 0.3) is 11.4 Å². The number of nitrogen functional groups attached to an aromatic ring is 1. The van der Waals surface area contributed by atoms with Crippen LogP contribution in [0, 0.1) is 16.7 Å². The van der Waals surface area contributed by atoms with E-state index in [2.05, 4.69) is 32.3 Å². The van der Waals surface area contributed by atoms with E-state index >= 15 is 0 Å². The Morgan fingerprint density at radius 3 is 2.56 bits per heavy atom. The lowest BCUT2D eigenvalue weighted by Gasteiger charge is -2.28. The average molecular weight is 608 g/mol. The van der Waals surface area contributed by atoms with Gasteiger partial charge in [-0.1, -0.05) is 17.9 Å². The van der Waals surface area contributed by atoms with Crippen LogP contribution in [0.1, 0.15) is 48.0 Å². The van der Waals surface area contributed by atoms with Crippen LogP contribution in [0.3, 0.4) is 0 Å². The minimum atomic E-state index is -0.742. The summed E-state index contributed by atoms with van der Waals surface area (Å²) in [4.78, 5) is 58.6. The maximum Gasteiger partial charge on any atom is 0.417 e. The Bertz CT molecular complexity index is 1880. The van der Waals surface area contributed by atoms with Gasteiger partial charge >= 0.3 is 12.2 Å². The van der Waals surface area contributed by atoms with Crippen molar-refractivity contribution in [2.75, 3.05) is 17.6 Å². The van der Waals surface area contributed by atoms with Gasteiger partial charge in [0.1, 0.15) is 22.7 Å². The molecule has 5 rings (SSSR count). The van der Waals surface area contributed by atoms with Crippen LogP contribution in [-0.4, -0.2) is 49.7 Å². The zero-order chi connectivity index (χ0) is 32.3. The monoisotopic (exact) mass is 607 g/mol. The number of nitroso groups, excluding NO2 is 1. The van der Waals surface area contributed by atoms with E-state index in [1.54, 1.807) is 51.1 Å². The predicted molar refractivity (Wildman–Crippen MR) is 166 cm³/mol. The lowest BCUT2D eigenvalue weighted by Crippen LogP contribution is -2.44. The van der Waals surface area contributed by atoms with E-state index in [9.17, 15) is 19.3 Å². The highest BCUT2D eigenvalue weighted by Crippen LogP contribution is 2.31. The molecule has 1 aliphatic heterocycles. The molecule has 4 aromatic rings. The normalized spacial score (nSPS) is 12.4. The lowest BCUT2D eigenvalue weighted by molar-refractivity contribution is 0.0232. The Balaban J connectivity index is 1.38. The van der Waals surface area contributed by atoms with Gasteiger partial charge in [-0.3, -0.25) is 10.1 Å². The maximum absolute atomic E-state index is 13.3. The van der Waals surface area contributed by atoms with Crippen molar-refractivity contribution in [2.45, 2.75) is 32.8 Å². The highest BCUT2D eigenvalue weighted by Gasteiger charge is 2.35. The molecule has 0 saturated heterocycles. The van der Waals surface area contributed by atoms with E-state index in [0.717, 1.165) is 10.6 Å². The van der Waals surface area contributed by atoms with Gasteiger partial charge in [0.2, 0.25) is 5.95 Å². The molecule has 3 amide bonds. The van der Waals surface area contributed by atoms with Gasteiger partial charge in [-0.25, -0.2) is 24.5 Å². The molecule has 228 valence electrons. The van der Waals surface area contributed by atoms with Crippen molar-refractivity contribution < 1.29 is 23.9 Å². The predicted octanol–water partition coefficient (Wildman–Crippen LogP) is 5.41. The Labute approximate surface area is 258 Å². The van der Waals surface area contributed by atoms with Crippen LogP contribution in [0.15, 0.2) is 66.0 Å². The number of ether oxygens (including phenoxy) is 2. The summed E-state index contributed by atoms with van der Waals surface area (Å²) in [5.41, 5.74) is 8.98. The van der Waals surface area contributed by atoms with Crippen LogP contribution in [0.5, 0.6) is 5.75 Å². The second-order valence-electron chi connectivity index (χ2n) is 11.1. The minimum absolute atomic E-state index is 0.0261. The van der Waals surface area contributed by atoms with E-state index in [1.807, 2.05) is 11.6 Å². The SMILES string of the molecule is Cn1c(-c2nc(N)ncc2C#Cc2cccc(NC(=O)Oc3ccc(N=O)cc3)c2)cc2c1CCN(C(=O)OC(C)(C)C)C2=O. The number of nitrogens with one attached hydrogen (secondary N) is 1. The lowest BCUT2D eigenvalue weighted by atomic mass is 10.1. The summed E-state index contributed by atoms with van der Waals surface area (Å²) < 4.78 is 12.5. The van der Waals surface area contributed by atoms with Crippen molar-refractivity contribution in [3.8, 4) is 29.0 Å².